The molecular weight excluding hydrogens is 490 g/mol. The molecule has 0 saturated carbocycles. The predicted octanol–water partition coefficient (Wildman–Crippen LogP) is 5.26. The first-order valence-electron chi connectivity index (χ1n) is 12.2. The van der Waals surface area contributed by atoms with Crippen molar-refractivity contribution >= 4 is 28.4 Å². The van der Waals surface area contributed by atoms with E-state index in [1.54, 1.807) is 24.3 Å². The summed E-state index contributed by atoms with van der Waals surface area (Å²) in [5.74, 6) is 1.63. The largest absolute Gasteiger partial charge is 0.507 e. The number of pyridine rings is 1. The second-order valence-corrected chi connectivity index (χ2v) is 9.93. The number of phenols is 1. The highest BCUT2D eigenvalue weighted by molar-refractivity contribution is 6.31. The van der Waals surface area contributed by atoms with Crippen LogP contribution in [0.1, 0.15) is 21.5 Å². The number of piperazine rings is 1. The lowest BCUT2D eigenvalue weighted by Crippen LogP contribution is -2.48. The summed E-state index contributed by atoms with van der Waals surface area (Å²) in [5.41, 5.74) is 4.44. The van der Waals surface area contributed by atoms with Gasteiger partial charge in [-0.1, -0.05) is 23.7 Å². The second kappa shape index (κ2) is 9.57. The molecule has 1 saturated heterocycles. The van der Waals surface area contributed by atoms with Crippen molar-refractivity contribution in [3.63, 3.8) is 0 Å². The molecule has 37 heavy (non-hydrogen) atoms. The summed E-state index contributed by atoms with van der Waals surface area (Å²) in [6.45, 7) is 5.70. The Kier molecular flexibility index (Phi) is 6.10. The summed E-state index contributed by atoms with van der Waals surface area (Å²) in [7, 11) is 0. The molecule has 8 heteroatoms. The van der Waals surface area contributed by atoms with E-state index in [1.165, 1.54) is 0 Å². The number of phenolic OH excluding ortho intramolecular Hbond substituents is 1. The van der Waals surface area contributed by atoms with Crippen molar-refractivity contribution in [1.29, 1.82) is 0 Å². The van der Waals surface area contributed by atoms with Crippen molar-refractivity contribution < 1.29 is 19.4 Å². The summed E-state index contributed by atoms with van der Waals surface area (Å²) in [4.78, 5) is 22.7. The Hall–Kier alpha value is -3.81. The van der Waals surface area contributed by atoms with Crippen LogP contribution in [0.4, 0.5) is 0 Å². The molecule has 0 spiro atoms. The number of nitrogens with zero attached hydrogens (tertiary/aromatic N) is 3. The fraction of sp³-hybridized carbons (Fsp3) is 0.241. The predicted molar refractivity (Wildman–Crippen MR) is 142 cm³/mol. The van der Waals surface area contributed by atoms with Gasteiger partial charge in [0.25, 0.3) is 5.91 Å². The number of aromatic hydroxyl groups is 1. The summed E-state index contributed by atoms with van der Waals surface area (Å²) in [6, 6.07) is 18.6. The van der Waals surface area contributed by atoms with Crippen molar-refractivity contribution in [1.82, 2.24) is 14.8 Å². The molecule has 2 aliphatic rings. The minimum atomic E-state index is -0.0646. The van der Waals surface area contributed by atoms with Gasteiger partial charge in [-0.2, -0.15) is 0 Å². The molecule has 0 unspecified atom stereocenters. The van der Waals surface area contributed by atoms with E-state index in [9.17, 15) is 9.90 Å². The highest BCUT2D eigenvalue weighted by atomic mass is 35.5. The van der Waals surface area contributed by atoms with Crippen LogP contribution in [-0.4, -0.2) is 58.8 Å². The molecule has 2 aliphatic heterocycles. The van der Waals surface area contributed by atoms with Crippen molar-refractivity contribution in [2.75, 3.05) is 33.0 Å². The van der Waals surface area contributed by atoms with Crippen molar-refractivity contribution in [2.24, 2.45) is 0 Å². The van der Waals surface area contributed by atoms with E-state index in [-0.39, 0.29) is 18.4 Å². The molecule has 3 aromatic carbocycles. The third-order valence-corrected chi connectivity index (χ3v) is 7.17. The minimum absolute atomic E-state index is 0.0646. The molecule has 0 atom stereocenters. The van der Waals surface area contributed by atoms with E-state index in [0.29, 0.717) is 45.8 Å². The van der Waals surface area contributed by atoms with E-state index in [2.05, 4.69) is 11.0 Å². The van der Waals surface area contributed by atoms with Gasteiger partial charge < -0.3 is 19.5 Å². The first-order valence-corrected chi connectivity index (χ1v) is 12.6. The third-order valence-electron chi connectivity index (χ3n) is 6.93. The molecule has 0 radical (unpaired) electrons. The number of rotatable bonds is 4. The molecule has 7 nitrogen and oxygen atoms in total. The normalized spacial score (nSPS) is 15.4. The molecule has 1 aromatic heterocycles. The highest BCUT2D eigenvalue weighted by Gasteiger charge is 2.25. The van der Waals surface area contributed by atoms with Crippen molar-refractivity contribution in [3.8, 4) is 28.5 Å². The molecule has 1 fully saturated rings. The SMILES string of the molecule is Cc1ccc(-c2cc(C(=O)N3CCN(Cc4ccc5c(c4)OCO5)CC3)c3cc(Cl)ccc3n2)c(O)c1. The Morgan fingerprint density at radius 1 is 0.973 bits per heavy atom. The second-order valence-electron chi connectivity index (χ2n) is 9.49. The number of carbonyl (C=O) groups is 1. The number of fused-ring (bicyclic) bond motifs is 2. The lowest BCUT2D eigenvalue weighted by Gasteiger charge is -2.35. The van der Waals surface area contributed by atoms with Gasteiger partial charge in [-0.05, 0) is 66.6 Å². The van der Waals surface area contributed by atoms with Gasteiger partial charge in [-0.3, -0.25) is 9.69 Å². The summed E-state index contributed by atoms with van der Waals surface area (Å²) in [5, 5.41) is 11.8. The highest BCUT2D eigenvalue weighted by Crippen LogP contribution is 2.34. The van der Waals surface area contributed by atoms with Crippen LogP contribution < -0.4 is 9.47 Å². The van der Waals surface area contributed by atoms with Crippen LogP contribution in [0.5, 0.6) is 17.2 Å². The molecule has 6 rings (SSSR count). The molecule has 0 bridgehead atoms. The van der Waals surface area contributed by atoms with Gasteiger partial charge in [0.05, 0.1) is 16.8 Å². The Labute approximate surface area is 219 Å². The monoisotopic (exact) mass is 515 g/mol. The van der Waals surface area contributed by atoms with Gasteiger partial charge >= 0.3 is 0 Å². The van der Waals surface area contributed by atoms with Gasteiger partial charge in [-0.25, -0.2) is 4.98 Å². The van der Waals surface area contributed by atoms with E-state index >= 15 is 0 Å². The van der Waals surface area contributed by atoms with Crippen LogP contribution in [0.15, 0.2) is 60.7 Å². The van der Waals surface area contributed by atoms with Gasteiger partial charge in [0.1, 0.15) is 5.75 Å². The maximum atomic E-state index is 13.8. The zero-order chi connectivity index (χ0) is 25.5. The first kappa shape index (κ1) is 23.6. The standard InChI is InChI=1S/C29H26ClN3O4/c1-18-2-5-21(26(34)12-18)25-15-23(22-14-20(30)4-6-24(22)31-25)29(35)33-10-8-32(9-11-33)16-19-3-7-27-28(13-19)37-17-36-27/h2-7,12-15,34H,8-11,16-17H2,1H3. The summed E-state index contributed by atoms with van der Waals surface area (Å²) in [6.07, 6.45) is 0. The van der Waals surface area contributed by atoms with Gasteiger partial charge in [0.15, 0.2) is 11.5 Å². The average Bonchev–Trinajstić information content (AvgIpc) is 3.36. The van der Waals surface area contributed by atoms with Crippen LogP contribution >= 0.6 is 11.6 Å². The maximum absolute atomic E-state index is 13.8. The molecular formula is C29H26ClN3O4. The van der Waals surface area contributed by atoms with Gasteiger partial charge in [0, 0.05) is 48.7 Å². The van der Waals surface area contributed by atoms with Crippen LogP contribution in [0.2, 0.25) is 5.02 Å². The number of halogens is 1. The van der Waals surface area contributed by atoms with Gasteiger partial charge in [0.2, 0.25) is 6.79 Å². The van der Waals surface area contributed by atoms with Crippen molar-refractivity contribution in [2.45, 2.75) is 13.5 Å². The molecule has 1 N–H and O–H groups in total. The zero-order valence-electron chi connectivity index (χ0n) is 20.4. The van der Waals surface area contributed by atoms with Crippen LogP contribution in [0, 0.1) is 6.92 Å². The number of aromatic nitrogens is 1. The number of benzene rings is 3. The Morgan fingerprint density at radius 3 is 2.59 bits per heavy atom. The van der Waals surface area contributed by atoms with Crippen LogP contribution in [0.3, 0.4) is 0 Å². The summed E-state index contributed by atoms with van der Waals surface area (Å²) >= 11 is 6.30. The molecule has 3 heterocycles. The average molecular weight is 516 g/mol. The number of aryl methyl sites for hydroxylation is 1. The smallest absolute Gasteiger partial charge is 0.254 e. The first-order chi connectivity index (χ1) is 17.9. The fourth-order valence-electron chi connectivity index (χ4n) is 4.95. The lowest BCUT2D eigenvalue weighted by molar-refractivity contribution is 0.0630. The molecule has 1 amide bonds. The number of amides is 1. The fourth-order valence-corrected chi connectivity index (χ4v) is 5.12. The maximum Gasteiger partial charge on any atom is 0.254 e. The summed E-state index contributed by atoms with van der Waals surface area (Å²) < 4.78 is 10.9. The van der Waals surface area contributed by atoms with E-state index < -0.39 is 0 Å². The Morgan fingerprint density at radius 2 is 1.78 bits per heavy atom. The number of hydrogen-bond donors (Lipinski definition) is 1. The quantitative estimate of drug-likeness (QED) is 0.400. The topological polar surface area (TPSA) is 75.1 Å². The number of hydrogen-bond acceptors (Lipinski definition) is 6. The van der Waals surface area contributed by atoms with Crippen LogP contribution in [0.25, 0.3) is 22.2 Å². The Balaban J connectivity index is 1.24. The molecule has 188 valence electrons. The molecule has 0 aliphatic carbocycles. The van der Waals surface area contributed by atoms with E-state index in [4.69, 9.17) is 26.1 Å². The van der Waals surface area contributed by atoms with Crippen molar-refractivity contribution in [3.05, 3.63) is 82.4 Å². The van der Waals surface area contributed by atoms with Gasteiger partial charge in [-0.15, -0.1) is 0 Å². The Bertz CT molecular complexity index is 1520. The van der Waals surface area contributed by atoms with E-state index in [1.807, 2.05) is 42.2 Å². The number of carbonyl (C=O) groups excluding carboxylic acids is 1. The molecule has 4 aromatic rings. The lowest BCUT2D eigenvalue weighted by atomic mass is 10.0. The van der Waals surface area contributed by atoms with Crippen LogP contribution in [-0.2, 0) is 6.54 Å². The minimum Gasteiger partial charge on any atom is -0.507 e. The zero-order valence-corrected chi connectivity index (χ0v) is 21.2. The van der Waals surface area contributed by atoms with E-state index in [0.717, 1.165) is 42.3 Å². The number of ether oxygens (including phenoxy) is 2. The third kappa shape index (κ3) is 4.68.